The molecule has 1 aliphatic carbocycles. The van der Waals surface area contributed by atoms with E-state index in [1.807, 2.05) is 35.8 Å². The first kappa shape index (κ1) is 24.3. The van der Waals surface area contributed by atoms with Gasteiger partial charge in [-0.25, -0.2) is 13.2 Å². The van der Waals surface area contributed by atoms with Gasteiger partial charge in [-0.15, -0.1) is 0 Å². The first-order chi connectivity index (χ1) is 17.2. The third-order valence-electron chi connectivity index (χ3n) is 6.45. The number of aryl methyl sites for hydroxylation is 2. The maximum Gasteiger partial charge on any atom is 0.355 e. The lowest BCUT2D eigenvalue weighted by Gasteiger charge is -2.21. The summed E-state index contributed by atoms with van der Waals surface area (Å²) in [6, 6.07) is 17.3. The van der Waals surface area contributed by atoms with Crippen LogP contribution in [0.25, 0.3) is 11.4 Å². The summed E-state index contributed by atoms with van der Waals surface area (Å²) in [6.07, 6.45) is 1.06. The van der Waals surface area contributed by atoms with Crippen LogP contribution < -0.4 is 5.56 Å². The predicted molar refractivity (Wildman–Crippen MR) is 139 cm³/mol. The molecule has 5 rings (SSSR count). The van der Waals surface area contributed by atoms with Crippen LogP contribution in [0.5, 0.6) is 0 Å². The Hall–Kier alpha value is -3.43. The Bertz CT molecular complexity index is 1650. The van der Waals surface area contributed by atoms with Crippen LogP contribution in [0.4, 0.5) is 0 Å². The summed E-state index contributed by atoms with van der Waals surface area (Å²) >= 11 is 3.59. The Morgan fingerprint density at radius 2 is 1.78 bits per heavy atom. The molecule has 36 heavy (non-hydrogen) atoms. The van der Waals surface area contributed by atoms with Crippen molar-refractivity contribution in [2.24, 2.45) is 0 Å². The van der Waals surface area contributed by atoms with Gasteiger partial charge >= 0.3 is 5.97 Å². The van der Waals surface area contributed by atoms with E-state index in [2.05, 4.69) is 20.9 Å². The lowest BCUT2D eigenvalue weighted by Crippen LogP contribution is -2.22. The van der Waals surface area contributed by atoms with E-state index in [1.165, 1.54) is 25.3 Å². The van der Waals surface area contributed by atoms with Crippen molar-refractivity contribution >= 4 is 31.7 Å². The molecule has 1 aliphatic rings. The normalized spacial score (nSPS) is 12.6. The number of halogens is 1. The topological polar surface area (TPSA) is 98.2 Å². The summed E-state index contributed by atoms with van der Waals surface area (Å²) in [5.41, 5.74) is 4.47. The lowest BCUT2D eigenvalue weighted by molar-refractivity contribution is 0.0588. The van der Waals surface area contributed by atoms with Gasteiger partial charge in [0.25, 0.3) is 5.56 Å². The molecule has 0 saturated carbocycles. The van der Waals surface area contributed by atoms with E-state index in [9.17, 15) is 18.0 Å². The van der Waals surface area contributed by atoms with E-state index >= 15 is 0 Å². The Morgan fingerprint density at radius 1 is 1.08 bits per heavy atom. The molecule has 0 fully saturated rings. The van der Waals surface area contributed by atoms with Crippen LogP contribution >= 0.6 is 15.9 Å². The van der Waals surface area contributed by atoms with Crippen LogP contribution in [-0.4, -0.2) is 31.0 Å². The second-order valence-electron chi connectivity index (χ2n) is 8.73. The van der Waals surface area contributed by atoms with Gasteiger partial charge in [0.1, 0.15) is 10.6 Å². The summed E-state index contributed by atoms with van der Waals surface area (Å²) in [6.45, 7) is 2.37. The minimum absolute atomic E-state index is 0.0606. The number of hydrogen-bond donors (Lipinski definition) is 1. The second-order valence-corrected chi connectivity index (χ2v) is 11.4. The number of rotatable bonds is 5. The molecule has 7 nitrogen and oxygen atoms in total. The van der Waals surface area contributed by atoms with Crippen molar-refractivity contribution in [2.45, 2.75) is 36.1 Å². The van der Waals surface area contributed by atoms with Crippen LogP contribution in [0.15, 0.2) is 79.7 Å². The number of benzene rings is 2. The maximum absolute atomic E-state index is 13.2. The van der Waals surface area contributed by atoms with Gasteiger partial charge in [-0.05, 0) is 70.6 Å². The van der Waals surface area contributed by atoms with E-state index in [-0.39, 0.29) is 9.79 Å². The number of H-pyrrole nitrogens is 1. The zero-order valence-corrected chi connectivity index (χ0v) is 22.1. The summed E-state index contributed by atoms with van der Waals surface area (Å²) in [5, 5.41) is 0. The number of aromatic amines is 1. The number of fused-ring (bicyclic) bond motifs is 3. The fraction of sp³-hybridized carbons (Fsp3) is 0.185. The van der Waals surface area contributed by atoms with Gasteiger partial charge in [0.2, 0.25) is 9.84 Å². The largest absolute Gasteiger partial charge is 0.464 e. The van der Waals surface area contributed by atoms with Gasteiger partial charge in [0.15, 0.2) is 0 Å². The number of hydrogen-bond acceptors (Lipinski definition) is 5. The third-order valence-corrected chi connectivity index (χ3v) is 9.08. The van der Waals surface area contributed by atoms with Crippen molar-refractivity contribution in [3.05, 3.63) is 103 Å². The van der Waals surface area contributed by atoms with Gasteiger partial charge in [-0.3, -0.25) is 4.79 Å². The molecule has 0 spiro atoms. The molecule has 0 radical (unpaired) electrons. The van der Waals surface area contributed by atoms with E-state index in [0.717, 1.165) is 16.7 Å². The predicted octanol–water partition coefficient (Wildman–Crippen LogP) is 4.68. The number of pyridine rings is 1. The van der Waals surface area contributed by atoms with Crippen molar-refractivity contribution in [3.63, 3.8) is 0 Å². The molecule has 184 valence electrons. The number of aromatic nitrogens is 2. The number of esters is 1. The summed E-state index contributed by atoms with van der Waals surface area (Å²) < 4.78 is 33.9. The highest BCUT2D eigenvalue weighted by atomic mass is 79.9. The van der Waals surface area contributed by atoms with E-state index < -0.39 is 21.4 Å². The van der Waals surface area contributed by atoms with E-state index in [0.29, 0.717) is 46.5 Å². The SMILES string of the molecule is COC(=O)c1c(Br)c2c(n1Cc1ccc(C)cc1)-c1[nH]c(=O)c(S(=O)(=O)c3ccccc3)cc1CC2. The molecule has 2 aromatic carbocycles. The average Bonchev–Trinajstić information content (AvgIpc) is 3.16. The molecule has 2 heterocycles. The Labute approximate surface area is 216 Å². The smallest absolute Gasteiger partial charge is 0.355 e. The number of ether oxygens (including phenoxy) is 1. The summed E-state index contributed by atoms with van der Waals surface area (Å²) in [7, 11) is -2.67. The molecular weight excluding hydrogens is 544 g/mol. The summed E-state index contributed by atoms with van der Waals surface area (Å²) in [4.78, 5) is 28.6. The first-order valence-electron chi connectivity index (χ1n) is 11.3. The van der Waals surface area contributed by atoms with Crippen LogP contribution in [0.2, 0.25) is 0 Å². The molecule has 0 atom stereocenters. The third kappa shape index (κ3) is 4.02. The van der Waals surface area contributed by atoms with Gasteiger partial charge < -0.3 is 14.3 Å². The monoisotopic (exact) mass is 566 g/mol. The van der Waals surface area contributed by atoms with Gasteiger partial charge in [-0.2, -0.15) is 0 Å². The van der Waals surface area contributed by atoms with Crippen molar-refractivity contribution < 1.29 is 17.9 Å². The average molecular weight is 567 g/mol. The highest BCUT2D eigenvalue weighted by Gasteiger charge is 2.33. The molecule has 0 saturated heterocycles. The fourth-order valence-corrected chi connectivity index (χ4v) is 6.75. The van der Waals surface area contributed by atoms with E-state index in [1.54, 1.807) is 18.2 Å². The minimum Gasteiger partial charge on any atom is -0.464 e. The number of methoxy groups -OCH3 is 1. The Morgan fingerprint density at radius 3 is 2.44 bits per heavy atom. The van der Waals surface area contributed by atoms with Crippen LogP contribution in [0, 0.1) is 6.92 Å². The number of carbonyl (C=O) groups is 1. The van der Waals surface area contributed by atoms with Crippen LogP contribution in [-0.2, 0) is 34.0 Å². The van der Waals surface area contributed by atoms with Crippen molar-refractivity contribution in [1.29, 1.82) is 0 Å². The molecule has 0 unspecified atom stereocenters. The number of nitrogens with zero attached hydrogens (tertiary/aromatic N) is 1. The number of sulfone groups is 1. The highest BCUT2D eigenvalue weighted by molar-refractivity contribution is 9.10. The molecule has 2 aromatic heterocycles. The second kappa shape index (κ2) is 9.22. The van der Waals surface area contributed by atoms with Crippen molar-refractivity contribution in [2.75, 3.05) is 7.11 Å². The number of carbonyl (C=O) groups excluding carboxylic acids is 1. The van der Waals surface area contributed by atoms with Crippen molar-refractivity contribution in [3.8, 4) is 11.4 Å². The highest BCUT2D eigenvalue weighted by Crippen LogP contribution is 2.41. The van der Waals surface area contributed by atoms with Gasteiger partial charge in [0.05, 0.1) is 27.9 Å². The van der Waals surface area contributed by atoms with Crippen LogP contribution in [0.3, 0.4) is 0 Å². The molecule has 0 bridgehead atoms. The fourth-order valence-electron chi connectivity index (χ4n) is 4.63. The molecular formula is C27H23BrN2O5S. The first-order valence-corrected chi connectivity index (χ1v) is 13.6. The molecule has 9 heteroatoms. The van der Waals surface area contributed by atoms with Gasteiger partial charge in [0, 0.05) is 6.54 Å². The van der Waals surface area contributed by atoms with Gasteiger partial charge in [-0.1, -0.05) is 48.0 Å². The standard InChI is InChI=1S/C27H23BrN2O5S/c1-16-8-10-17(11-9-16)15-30-24-20(22(28)25(30)27(32)35-2)13-12-18-14-21(26(31)29-23(18)24)36(33,34)19-6-4-3-5-7-19/h3-11,14H,12-13,15H2,1-2H3,(H,29,31). The Balaban J connectivity index is 1.71. The summed E-state index contributed by atoms with van der Waals surface area (Å²) in [5.74, 6) is -0.504. The molecule has 1 N–H and O–H groups in total. The molecule has 0 amide bonds. The lowest BCUT2D eigenvalue weighted by atomic mass is 9.94. The maximum atomic E-state index is 13.2. The van der Waals surface area contributed by atoms with Crippen LogP contribution in [0.1, 0.15) is 32.7 Å². The number of nitrogens with one attached hydrogen (secondary N) is 1. The molecule has 4 aromatic rings. The Kier molecular flexibility index (Phi) is 6.22. The molecule has 0 aliphatic heterocycles. The zero-order chi connectivity index (χ0) is 25.6. The quantitative estimate of drug-likeness (QED) is 0.353. The van der Waals surface area contributed by atoms with E-state index in [4.69, 9.17) is 4.74 Å². The zero-order valence-electron chi connectivity index (χ0n) is 19.7. The minimum atomic E-state index is -4.00. The van der Waals surface area contributed by atoms with Crippen molar-refractivity contribution in [1.82, 2.24) is 9.55 Å².